The maximum atomic E-state index is 12.4. The maximum absolute atomic E-state index is 12.4. The van der Waals surface area contributed by atoms with Crippen molar-refractivity contribution in [3.8, 4) is 0 Å². The number of benzene rings is 1. The summed E-state index contributed by atoms with van der Waals surface area (Å²) >= 11 is 1.30. The number of thioether (sulfide) groups is 1. The van der Waals surface area contributed by atoms with Gasteiger partial charge in [0, 0.05) is 6.04 Å². The molecule has 1 aromatic heterocycles. The number of hydrogen-bond acceptors (Lipinski definition) is 6. The van der Waals surface area contributed by atoms with E-state index in [2.05, 4.69) is 49.4 Å². The van der Waals surface area contributed by atoms with Gasteiger partial charge in [0.2, 0.25) is 5.91 Å². The summed E-state index contributed by atoms with van der Waals surface area (Å²) in [6.07, 6.45) is 6.32. The normalized spacial score (nSPS) is 15.5. The van der Waals surface area contributed by atoms with Crippen LogP contribution in [0.4, 0.5) is 4.79 Å². The van der Waals surface area contributed by atoms with Gasteiger partial charge in [-0.1, -0.05) is 68.3 Å². The number of hydrogen-bond donors (Lipinski definition) is 2. The molecule has 0 bridgehead atoms. The zero-order chi connectivity index (χ0) is 22.9. The second-order valence-corrected chi connectivity index (χ2v) is 9.39. The molecule has 1 fully saturated rings. The topological polar surface area (TPSA) is 92.1 Å². The number of amides is 3. The molecule has 2 N–H and O–H groups in total. The molecule has 1 heterocycles. The molecule has 2 aromatic rings. The largest absolute Gasteiger partial charge is 0.335 e. The van der Waals surface area contributed by atoms with Crippen LogP contribution in [0.15, 0.2) is 35.5 Å². The maximum Gasteiger partial charge on any atom is 0.321 e. The number of aromatic nitrogens is 3. The first-order chi connectivity index (χ1) is 15.5. The molecule has 0 spiro atoms. The van der Waals surface area contributed by atoms with Crippen molar-refractivity contribution in [1.29, 1.82) is 0 Å². The zero-order valence-corrected chi connectivity index (χ0v) is 20.0. The van der Waals surface area contributed by atoms with Gasteiger partial charge in [0.25, 0.3) is 0 Å². The van der Waals surface area contributed by atoms with E-state index in [-0.39, 0.29) is 23.7 Å². The van der Waals surface area contributed by atoms with Crippen LogP contribution in [0.1, 0.15) is 62.9 Å². The number of carbonyl (C=O) groups excluding carboxylic acids is 2. The van der Waals surface area contributed by atoms with Crippen LogP contribution < -0.4 is 10.6 Å². The van der Waals surface area contributed by atoms with Crippen molar-refractivity contribution in [2.24, 2.45) is 0 Å². The average molecular weight is 459 g/mol. The highest BCUT2D eigenvalue weighted by molar-refractivity contribution is 7.99. The van der Waals surface area contributed by atoms with E-state index in [1.54, 1.807) is 0 Å². The lowest BCUT2D eigenvalue weighted by Gasteiger charge is -2.23. The molecule has 1 aliphatic rings. The highest BCUT2D eigenvalue weighted by Crippen LogP contribution is 2.26. The van der Waals surface area contributed by atoms with Crippen molar-refractivity contribution in [2.45, 2.75) is 69.2 Å². The Morgan fingerprint density at radius 3 is 2.53 bits per heavy atom. The molecule has 3 amide bonds. The van der Waals surface area contributed by atoms with E-state index in [0.717, 1.165) is 43.5 Å². The summed E-state index contributed by atoms with van der Waals surface area (Å²) in [5, 5.41) is 14.9. The van der Waals surface area contributed by atoms with Crippen molar-refractivity contribution in [1.82, 2.24) is 30.3 Å². The molecule has 0 saturated heterocycles. The Bertz CT molecular complexity index is 880. The van der Waals surface area contributed by atoms with Gasteiger partial charge in [-0.2, -0.15) is 0 Å². The van der Waals surface area contributed by atoms with E-state index in [1.165, 1.54) is 18.2 Å². The molecule has 3 rings (SSSR count). The van der Waals surface area contributed by atoms with Gasteiger partial charge in [-0.3, -0.25) is 15.0 Å². The fraction of sp³-hybridized carbons (Fsp3) is 0.565. The molecule has 32 heavy (non-hydrogen) atoms. The van der Waals surface area contributed by atoms with E-state index in [1.807, 2.05) is 32.3 Å². The molecule has 0 radical (unpaired) electrons. The van der Waals surface area contributed by atoms with Crippen LogP contribution in [-0.2, 0) is 11.3 Å². The summed E-state index contributed by atoms with van der Waals surface area (Å²) < 4.78 is 2.07. The Balaban J connectivity index is 1.65. The Kier molecular flexibility index (Phi) is 9.11. The van der Waals surface area contributed by atoms with Crippen molar-refractivity contribution < 1.29 is 9.59 Å². The van der Waals surface area contributed by atoms with Crippen LogP contribution in [-0.4, -0.2) is 57.5 Å². The van der Waals surface area contributed by atoms with Crippen LogP contribution in [0.5, 0.6) is 0 Å². The van der Waals surface area contributed by atoms with Crippen molar-refractivity contribution in [3.63, 3.8) is 0 Å². The smallest absolute Gasteiger partial charge is 0.321 e. The third kappa shape index (κ3) is 6.80. The summed E-state index contributed by atoms with van der Waals surface area (Å²) in [5.41, 5.74) is 1.14. The average Bonchev–Trinajstić information content (AvgIpc) is 3.16. The fourth-order valence-electron chi connectivity index (χ4n) is 4.11. The minimum Gasteiger partial charge on any atom is -0.335 e. The second kappa shape index (κ2) is 12.0. The summed E-state index contributed by atoms with van der Waals surface area (Å²) in [7, 11) is 4.06. The summed E-state index contributed by atoms with van der Waals surface area (Å²) in [6.45, 7) is 2.75. The predicted octanol–water partition coefficient (Wildman–Crippen LogP) is 3.59. The van der Waals surface area contributed by atoms with Crippen LogP contribution in [0.3, 0.4) is 0 Å². The summed E-state index contributed by atoms with van der Waals surface area (Å²) in [6, 6.07) is 10.0. The Hall–Kier alpha value is -2.39. The number of imide groups is 1. The Labute approximate surface area is 194 Å². The first-order valence-corrected chi connectivity index (χ1v) is 12.3. The number of nitrogens with one attached hydrogen (secondary N) is 2. The first kappa shape index (κ1) is 24.3. The Morgan fingerprint density at radius 1 is 1.16 bits per heavy atom. The van der Waals surface area contributed by atoms with E-state index in [9.17, 15) is 9.59 Å². The number of urea groups is 1. The van der Waals surface area contributed by atoms with E-state index in [4.69, 9.17) is 0 Å². The number of carbonyl (C=O) groups is 2. The van der Waals surface area contributed by atoms with Crippen molar-refractivity contribution in [3.05, 3.63) is 41.7 Å². The molecular formula is C23H34N6O2S. The molecule has 1 aliphatic carbocycles. The standard InChI is InChI=1S/C23H34N6O2S/c1-4-19(28(2)3)21-26-27-23(29(21)15-17-11-7-5-8-12-17)32-16-20(30)25-22(31)24-18-13-9-6-10-14-18/h5,7-8,11-12,18-19H,4,6,9-10,13-16H2,1-3H3,(H2,24,25,30,31). The highest BCUT2D eigenvalue weighted by Gasteiger charge is 2.23. The molecule has 1 atom stereocenters. The van der Waals surface area contributed by atoms with E-state index >= 15 is 0 Å². The zero-order valence-electron chi connectivity index (χ0n) is 19.2. The molecule has 1 unspecified atom stereocenters. The van der Waals surface area contributed by atoms with Crippen LogP contribution in [0.2, 0.25) is 0 Å². The fourth-order valence-corrected chi connectivity index (χ4v) is 4.85. The Morgan fingerprint density at radius 2 is 1.88 bits per heavy atom. The van der Waals surface area contributed by atoms with Gasteiger partial charge < -0.3 is 9.88 Å². The molecule has 0 aliphatic heterocycles. The first-order valence-electron chi connectivity index (χ1n) is 11.3. The second-order valence-electron chi connectivity index (χ2n) is 8.45. The highest BCUT2D eigenvalue weighted by atomic mass is 32.2. The summed E-state index contributed by atoms with van der Waals surface area (Å²) in [5.74, 6) is 0.641. The van der Waals surface area contributed by atoms with E-state index < -0.39 is 6.03 Å². The number of rotatable bonds is 9. The lowest BCUT2D eigenvalue weighted by molar-refractivity contribution is -0.117. The monoisotopic (exact) mass is 458 g/mol. The van der Waals surface area contributed by atoms with Crippen LogP contribution >= 0.6 is 11.8 Å². The molecule has 1 aromatic carbocycles. The molecule has 174 valence electrons. The van der Waals surface area contributed by atoms with Gasteiger partial charge >= 0.3 is 6.03 Å². The number of nitrogens with zero attached hydrogens (tertiary/aromatic N) is 4. The van der Waals surface area contributed by atoms with Crippen LogP contribution in [0, 0.1) is 0 Å². The lowest BCUT2D eigenvalue weighted by atomic mass is 9.96. The SMILES string of the molecule is CCC(c1nnc(SCC(=O)NC(=O)NC2CCCCC2)n1Cc1ccccc1)N(C)C. The van der Waals surface area contributed by atoms with Gasteiger partial charge in [-0.25, -0.2) is 4.79 Å². The van der Waals surface area contributed by atoms with Gasteiger partial charge in [0.15, 0.2) is 11.0 Å². The van der Waals surface area contributed by atoms with Gasteiger partial charge in [-0.05, 0) is 38.9 Å². The van der Waals surface area contributed by atoms with Gasteiger partial charge in [0.05, 0.1) is 18.3 Å². The molecule has 1 saturated carbocycles. The summed E-state index contributed by atoms with van der Waals surface area (Å²) in [4.78, 5) is 26.7. The quantitative estimate of drug-likeness (QED) is 0.558. The third-order valence-electron chi connectivity index (χ3n) is 5.76. The lowest BCUT2D eigenvalue weighted by Crippen LogP contribution is -2.45. The molecule has 9 heteroatoms. The van der Waals surface area contributed by atoms with Crippen LogP contribution in [0.25, 0.3) is 0 Å². The minimum atomic E-state index is -0.410. The van der Waals surface area contributed by atoms with E-state index in [0.29, 0.717) is 11.7 Å². The van der Waals surface area contributed by atoms with Crippen molar-refractivity contribution >= 4 is 23.7 Å². The van der Waals surface area contributed by atoms with Gasteiger partial charge in [0.1, 0.15) is 0 Å². The third-order valence-corrected chi connectivity index (χ3v) is 6.73. The van der Waals surface area contributed by atoms with Gasteiger partial charge in [-0.15, -0.1) is 10.2 Å². The minimum absolute atomic E-state index is 0.101. The predicted molar refractivity (Wildman–Crippen MR) is 127 cm³/mol. The van der Waals surface area contributed by atoms with Crippen molar-refractivity contribution in [2.75, 3.05) is 19.8 Å². The molecule has 8 nitrogen and oxygen atoms in total. The molecular weight excluding hydrogens is 424 g/mol.